The van der Waals surface area contributed by atoms with Gasteiger partial charge in [-0.3, -0.25) is 4.79 Å². The van der Waals surface area contributed by atoms with Crippen LogP contribution >= 0.6 is 0 Å². The molecule has 5 heteroatoms. The minimum Gasteiger partial charge on any atom is -0.338 e. The number of hydrogen-bond donors (Lipinski definition) is 1. The van der Waals surface area contributed by atoms with Crippen molar-refractivity contribution < 1.29 is 4.79 Å². The largest absolute Gasteiger partial charge is 0.338 e. The second-order valence-electron chi connectivity index (χ2n) is 5.50. The molecule has 1 aliphatic heterocycles. The summed E-state index contributed by atoms with van der Waals surface area (Å²) in [7, 11) is 0. The van der Waals surface area contributed by atoms with Gasteiger partial charge in [0.2, 0.25) is 0 Å². The summed E-state index contributed by atoms with van der Waals surface area (Å²) in [5, 5.41) is 0. The van der Waals surface area contributed by atoms with Crippen molar-refractivity contribution in [3.63, 3.8) is 0 Å². The van der Waals surface area contributed by atoms with Crippen LogP contribution < -0.4 is 5.73 Å². The SMILES string of the molecule is Cc1ncc(C(=O)N2CCC(N)CC2)c(C(C)C)n1. The lowest BCUT2D eigenvalue weighted by Crippen LogP contribution is -2.43. The Bertz CT molecular complexity index is 465. The molecule has 0 bridgehead atoms. The van der Waals surface area contributed by atoms with Gasteiger partial charge in [-0.15, -0.1) is 0 Å². The van der Waals surface area contributed by atoms with Crippen LogP contribution in [0.4, 0.5) is 0 Å². The molecule has 1 aliphatic rings. The van der Waals surface area contributed by atoms with Crippen molar-refractivity contribution in [2.75, 3.05) is 13.1 Å². The Labute approximate surface area is 114 Å². The third kappa shape index (κ3) is 3.10. The second-order valence-corrected chi connectivity index (χ2v) is 5.50. The number of amides is 1. The first-order valence-corrected chi connectivity index (χ1v) is 6.87. The molecule has 1 aromatic rings. The maximum absolute atomic E-state index is 12.5. The molecule has 0 spiro atoms. The molecule has 1 fully saturated rings. The fourth-order valence-corrected chi connectivity index (χ4v) is 2.37. The van der Waals surface area contributed by atoms with Gasteiger partial charge in [0.1, 0.15) is 5.82 Å². The van der Waals surface area contributed by atoms with Gasteiger partial charge in [-0.05, 0) is 25.7 Å². The number of carbonyl (C=O) groups excluding carboxylic acids is 1. The van der Waals surface area contributed by atoms with Gasteiger partial charge in [-0.25, -0.2) is 9.97 Å². The minimum atomic E-state index is 0.0376. The van der Waals surface area contributed by atoms with Crippen molar-refractivity contribution >= 4 is 5.91 Å². The Morgan fingerprint density at radius 1 is 1.42 bits per heavy atom. The van der Waals surface area contributed by atoms with Crippen molar-refractivity contribution in [1.29, 1.82) is 0 Å². The second kappa shape index (κ2) is 5.65. The molecule has 19 heavy (non-hydrogen) atoms. The van der Waals surface area contributed by atoms with Gasteiger partial charge in [0, 0.05) is 25.3 Å². The summed E-state index contributed by atoms with van der Waals surface area (Å²) in [4.78, 5) is 23.0. The van der Waals surface area contributed by atoms with Gasteiger partial charge in [-0.2, -0.15) is 0 Å². The molecule has 0 atom stereocenters. The van der Waals surface area contributed by atoms with E-state index in [2.05, 4.69) is 9.97 Å². The Hall–Kier alpha value is -1.49. The zero-order valence-electron chi connectivity index (χ0n) is 11.9. The Morgan fingerprint density at radius 2 is 2.05 bits per heavy atom. The van der Waals surface area contributed by atoms with Gasteiger partial charge in [-0.1, -0.05) is 13.8 Å². The highest BCUT2D eigenvalue weighted by atomic mass is 16.2. The van der Waals surface area contributed by atoms with Crippen LogP contribution in [0.3, 0.4) is 0 Å². The summed E-state index contributed by atoms with van der Waals surface area (Å²) in [6.45, 7) is 7.40. The quantitative estimate of drug-likeness (QED) is 0.876. The van der Waals surface area contributed by atoms with Crippen LogP contribution in [0.1, 0.15) is 54.5 Å². The summed E-state index contributed by atoms with van der Waals surface area (Å²) in [6, 6.07) is 0.225. The maximum atomic E-state index is 12.5. The van der Waals surface area contributed by atoms with Crippen LogP contribution in [0, 0.1) is 6.92 Å². The van der Waals surface area contributed by atoms with Crippen molar-refractivity contribution in [3.05, 3.63) is 23.3 Å². The van der Waals surface area contributed by atoms with E-state index >= 15 is 0 Å². The number of piperidine rings is 1. The molecule has 0 aromatic carbocycles. The molecule has 0 aliphatic carbocycles. The van der Waals surface area contributed by atoms with E-state index in [-0.39, 0.29) is 17.9 Å². The summed E-state index contributed by atoms with van der Waals surface area (Å²) >= 11 is 0. The number of carbonyl (C=O) groups is 1. The first-order valence-electron chi connectivity index (χ1n) is 6.87. The van der Waals surface area contributed by atoms with E-state index in [0.29, 0.717) is 11.4 Å². The molecule has 0 saturated carbocycles. The van der Waals surface area contributed by atoms with E-state index in [1.807, 2.05) is 25.7 Å². The van der Waals surface area contributed by atoms with Gasteiger partial charge in [0.15, 0.2) is 0 Å². The summed E-state index contributed by atoms with van der Waals surface area (Å²) in [5.41, 5.74) is 7.35. The lowest BCUT2D eigenvalue weighted by molar-refractivity contribution is 0.0712. The fraction of sp³-hybridized carbons (Fsp3) is 0.643. The first kappa shape index (κ1) is 13.9. The van der Waals surface area contributed by atoms with Crippen molar-refractivity contribution in [3.8, 4) is 0 Å². The van der Waals surface area contributed by atoms with Crippen molar-refractivity contribution in [2.24, 2.45) is 5.73 Å². The topological polar surface area (TPSA) is 72.1 Å². The number of aromatic nitrogens is 2. The molecule has 1 saturated heterocycles. The molecule has 1 aromatic heterocycles. The molecule has 1 amide bonds. The first-order chi connectivity index (χ1) is 8.99. The highest BCUT2D eigenvalue weighted by Crippen LogP contribution is 2.20. The summed E-state index contributed by atoms with van der Waals surface area (Å²) in [6.07, 6.45) is 3.40. The molecular formula is C14H22N4O. The number of likely N-dealkylation sites (tertiary alicyclic amines) is 1. The monoisotopic (exact) mass is 262 g/mol. The Kier molecular flexibility index (Phi) is 4.14. The molecule has 0 radical (unpaired) electrons. The van der Waals surface area contributed by atoms with E-state index in [9.17, 15) is 4.79 Å². The predicted molar refractivity (Wildman–Crippen MR) is 74.0 cm³/mol. The molecule has 104 valence electrons. The molecule has 2 heterocycles. The number of nitrogens with zero attached hydrogens (tertiary/aromatic N) is 3. The normalized spacial score (nSPS) is 17.0. The van der Waals surface area contributed by atoms with E-state index in [1.54, 1.807) is 6.20 Å². The molecule has 5 nitrogen and oxygen atoms in total. The zero-order chi connectivity index (χ0) is 14.0. The summed E-state index contributed by atoms with van der Waals surface area (Å²) in [5.74, 6) is 0.962. The average Bonchev–Trinajstić information content (AvgIpc) is 2.38. The number of rotatable bonds is 2. The predicted octanol–water partition coefficient (Wildman–Crippen LogP) is 1.47. The van der Waals surface area contributed by atoms with E-state index in [4.69, 9.17) is 5.73 Å². The average molecular weight is 262 g/mol. The van der Waals surface area contributed by atoms with Crippen LogP contribution in [0.2, 0.25) is 0 Å². The van der Waals surface area contributed by atoms with Gasteiger partial charge >= 0.3 is 0 Å². The van der Waals surface area contributed by atoms with Crippen LogP contribution in [0.25, 0.3) is 0 Å². The van der Waals surface area contributed by atoms with E-state index < -0.39 is 0 Å². The highest BCUT2D eigenvalue weighted by molar-refractivity contribution is 5.95. The standard InChI is InChI=1S/C14H22N4O/c1-9(2)13-12(8-16-10(3)17-13)14(19)18-6-4-11(15)5-7-18/h8-9,11H,4-7,15H2,1-3H3. The van der Waals surface area contributed by atoms with Crippen molar-refractivity contribution in [1.82, 2.24) is 14.9 Å². The number of hydrogen-bond acceptors (Lipinski definition) is 4. The fourth-order valence-electron chi connectivity index (χ4n) is 2.37. The molecule has 0 unspecified atom stereocenters. The lowest BCUT2D eigenvalue weighted by atomic mass is 10.0. The minimum absolute atomic E-state index is 0.0376. The third-order valence-corrected chi connectivity index (χ3v) is 3.54. The zero-order valence-corrected chi connectivity index (χ0v) is 11.9. The lowest BCUT2D eigenvalue weighted by Gasteiger charge is -2.30. The number of nitrogens with two attached hydrogens (primary N) is 1. The van der Waals surface area contributed by atoms with Crippen LogP contribution in [0.15, 0.2) is 6.20 Å². The smallest absolute Gasteiger partial charge is 0.257 e. The van der Waals surface area contributed by atoms with Gasteiger partial charge < -0.3 is 10.6 Å². The molecule has 2 N–H and O–H groups in total. The van der Waals surface area contributed by atoms with Gasteiger partial charge in [0.25, 0.3) is 5.91 Å². The van der Waals surface area contributed by atoms with Crippen molar-refractivity contribution in [2.45, 2.75) is 45.6 Å². The van der Waals surface area contributed by atoms with Crippen LogP contribution in [-0.2, 0) is 0 Å². The Balaban J connectivity index is 2.23. The Morgan fingerprint density at radius 3 is 2.63 bits per heavy atom. The summed E-state index contributed by atoms with van der Waals surface area (Å²) < 4.78 is 0. The third-order valence-electron chi connectivity index (χ3n) is 3.54. The molecule has 2 rings (SSSR count). The van der Waals surface area contributed by atoms with E-state index in [1.165, 1.54) is 0 Å². The molecular weight excluding hydrogens is 240 g/mol. The highest BCUT2D eigenvalue weighted by Gasteiger charge is 2.25. The number of aryl methyl sites for hydroxylation is 1. The van der Waals surface area contributed by atoms with Crippen LogP contribution in [-0.4, -0.2) is 39.9 Å². The van der Waals surface area contributed by atoms with E-state index in [0.717, 1.165) is 31.6 Å². The van der Waals surface area contributed by atoms with Gasteiger partial charge in [0.05, 0.1) is 11.3 Å². The maximum Gasteiger partial charge on any atom is 0.257 e. The van der Waals surface area contributed by atoms with Crippen LogP contribution in [0.5, 0.6) is 0 Å².